The highest BCUT2D eigenvalue weighted by Gasteiger charge is 2.25. The molecule has 0 radical (unpaired) electrons. The van der Waals surface area contributed by atoms with E-state index in [2.05, 4.69) is 11.1 Å². The number of non-ortho nitro benzene ring substituents is 1. The Balaban J connectivity index is 1.59. The third-order valence-corrected chi connectivity index (χ3v) is 7.59. The number of hydrogen-bond donors (Lipinski definition) is 0. The molecule has 2 aromatic carbocycles. The predicted molar refractivity (Wildman–Crippen MR) is 132 cm³/mol. The van der Waals surface area contributed by atoms with E-state index in [1.54, 1.807) is 23.2 Å². The van der Waals surface area contributed by atoms with Crippen LogP contribution in [0.4, 0.5) is 10.8 Å². The number of rotatable bonds is 5. The van der Waals surface area contributed by atoms with Gasteiger partial charge in [0.05, 0.1) is 32.3 Å². The van der Waals surface area contributed by atoms with Gasteiger partial charge in [0.15, 0.2) is 5.13 Å². The molecule has 0 aliphatic heterocycles. The lowest BCUT2D eigenvalue weighted by atomic mass is 10.1. The van der Waals surface area contributed by atoms with Crippen molar-refractivity contribution in [3.05, 3.63) is 92.6 Å². The Bertz CT molecular complexity index is 1530. The molecular weight excluding hydrogens is 456 g/mol. The van der Waals surface area contributed by atoms with E-state index < -0.39 is 4.92 Å². The number of anilines is 1. The van der Waals surface area contributed by atoms with Crippen molar-refractivity contribution in [2.45, 2.75) is 20.4 Å². The fourth-order valence-corrected chi connectivity index (χ4v) is 5.75. The summed E-state index contributed by atoms with van der Waals surface area (Å²) in [7, 11) is 0. The molecule has 0 aliphatic rings. The lowest BCUT2D eigenvalue weighted by Gasteiger charge is -2.18. The van der Waals surface area contributed by atoms with Crippen molar-refractivity contribution < 1.29 is 9.72 Å². The first-order valence-corrected chi connectivity index (χ1v) is 11.8. The van der Waals surface area contributed by atoms with Gasteiger partial charge in [0.2, 0.25) is 0 Å². The van der Waals surface area contributed by atoms with Crippen LogP contribution in [0.3, 0.4) is 0 Å². The van der Waals surface area contributed by atoms with Gasteiger partial charge < -0.3 is 0 Å². The SMILES string of the molecule is Cc1cc(C)c2sc(N(Cc3ccccn3)C(=O)c3cc4cc([N+](=O)[O-])ccc4s3)nc2c1. The molecule has 0 atom stereocenters. The van der Waals surface area contributed by atoms with E-state index in [-0.39, 0.29) is 18.1 Å². The summed E-state index contributed by atoms with van der Waals surface area (Å²) in [4.78, 5) is 35.7. The van der Waals surface area contributed by atoms with Crippen molar-refractivity contribution in [1.29, 1.82) is 0 Å². The average molecular weight is 475 g/mol. The van der Waals surface area contributed by atoms with Gasteiger partial charge in [-0.3, -0.25) is 24.8 Å². The summed E-state index contributed by atoms with van der Waals surface area (Å²) < 4.78 is 1.86. The van der Waals surface area contributed by atoms with Crippen molar-refractivity contribution in [1.82, 2.24) is 9.97 Å². The Labute approximate surface area is 197 Å². The second kappa shape index (κ2) is 8.34. The lowest BCUT2D eigenvalue weighted by molar-refractivity contribution is -0.384. The van der Waals surface area contributed by atoms with Gasteiger partial charge in [0, 0.05) is 28.4 Å². The van der Waals surface area contributed by atoms with E-state index in [9.17, 15) is 14.9 Å². The summed E-state index contributed by atoms with van der Waals surface area (Å²) in [6.07, 6.45) is 1.70. The number of aryl methyl sites for hydroxylation is 2. The van der Waals surface area contributed by atoms with E-state index in [1.165, 1.54) is 34.8 Å². The topological polar surface area (TPSA) is 89.2 Å². The molecule has 0 aliphatic carbocycles. The third kappa shape index (κ3) is 4.08. The van der Waals surface area contributed by atoms with Crippen LogP contribution in [0, 0.1) is 24.0 Å². The van der Waals surface area contributed by atoms with E-state index in [0.29, 0.717) is 15.4 Å². The number of carbonyl (C=O) groups is 1. The highest BCUT2D eigenvalue weighted by Crippen LogP contribution is 2.35. The van der Waals surface area contributed by atoms with Crippen molar-refractivity contribution >= 4 is 59.7 Å². The molecule has 5 aromatic rings. The highest BCUT2D eigenvalue weighted by atomic mass is 32.1. The molecule has 0 saturated carbocycles. The molecule has 7 nitrogen and oxygen atoms in total. The number of fused-ring (bicyclic) bond motifs is 2. The zero-order valence-electron chi connectivity index (χ0n) is 17.8. The van der Waals surface area contributed by atoms with Crippen LogP contribution in [0.5, 0.6) is 0 Å². The molecule has 0 bridgehead atoms. The fourth-order valence-electron chi connectivity index (χ4n) is 3.74. The molecule has 164 valence electrons. The number of pyridine rings is 1. The normalized spacial score (nSPS) is 11.2. The highest BCUT2D eigenvalue weighted by molar-refractivity contribution is 7.23. The second-order valence-electron chi connectivity index (χ2n) is 7.73. The summed E-state index contributed by atoms with van der Waals surface area (Å²) in [6, 6.07) is 16.1. The molecule has 3 heterocycles. The molecule has 5 rings (SSSR count). The number of thiazole rings is 1. The Hall–Kier alpha value is -3.69. The summed E-state index contributed by atoms with van der Waals surface area (Å²) in [6.45, 7) is 4.34. The molecule has 1 amide bonds. The molecule has 0 saturated heterocycles. The average Bonchev–Trinajstić information content (AvgIpc) is 3.41. The first-order valence-electron chi connectivity index (χ1n) is 10.2. The predicted octanol–water partition coefficient (Wildman–Crippen LogP) is 6.28. The minimum absolute atomic E-state index is 0.00154. The van der Waals surface area contributed by atoms with Crippen LogP contribution < -0.4 is 4.90 Å². The van der Waals surface area contributed by atoms with Crippen LogP contribution in [0.2, 0.25) is 0 Å². The molecular formula is C24H18N4O3S2. The van der Waals surface area contributed by atoms with Crippen LogP contribution in [-0.2, 0) is 6.54 Å². The van der Waals surface area contributed by atoms with Crippen molar-refractivity contribution in [3.8, 4) is 0 Å². The lowest BCUT2D eigenvalue weighted by Crippen LogP contribution is -2.30. The van der Waals surface area contributed by atoms with Crippen molar-refractivity contribution in [3.63, 3.8) is 0 Å². The summed E-state index contributed by atoms with van der Waals surface area (Å²) in [5, 5.41) is 12.4. The van der Waals surface area contributed by atoms with Crippen LogP contribution in [-0.4, -0.2) is 20.8 Å². The smallest absolute Gasteiger partial charge is 0.270 e. The van der Waals surface area contributed by atoms with Gasteiger partial charge >= 0.3 is 0 Å². The molecule has 9 heteroatoms. The third-order valence-electron chi connectivity index (χ3n) is 5.25. The van der Waals surface area contributed by atoms with Gasteiger partial charge in [-0.05, 0) is 55.3 Å². The number of nitro benzene ring substituents is 1. The Morgan fingerprint density at radius 3 is 2.70 bits per heavy atom. The summed E-state index contributed by atoms with van der Waals surface area (Å²) in [5.41, 5.74) is 3.84. The maximum Gasteiger partial charge on any atom is 0.270 e. The standard InChI is InChI=1S/C24H18N4O3S2/c1-14-9-15(2)22-19(10-14)26-24(33-22)27(13-17-5-3-4-8-25-17)23(29)21-12-16-11-18(28(30)31)6-7-20(16)32-21/h3-12H,13H2,1-2H3. The molecule has 33 heavy (non-hydrogen) atoms. The molecule has 0 unspecified atom stereocenters. The Morgan fingerprint density at radius 1 is 1.09 bits per heavy atom. The molecule has 0 N–H and O–H groups in total. The number of thiophene rings is 1. The first-order chi connectivity index (χ1) is 15.9. The van der Waals surface area contributed by atoms with E-state index >= 15 is 0 Å². The summed E-state index contributed by atoms with van der Waals surface area (Å²) in [5.74, 6) is -0.210. The van der Waals surface area contributed by atoms with Crippen LogP contribution in [0.25, 0.3) is 20.3 Å². The number of aromatic nitrogens is 2. The van der Waals surface area contributed by atoms with Crippen LogP contribution >= 0.6 is 22.7 Å². The van der Waals surface area contributed by atoms with E-state index in [4.69, 9.17) is 4.98 Å². The maximum atomic E-state index is 13.7. The van der Waals surface area contributed by atoms with Gasteiger partial charge in [-0.2, -0.15) is 0 Å². The summed E-state index contributed by atoms with van der Waals surface area (Å²) >= 11 is 2.79. The largest absolute Gasteiger partial charge is 0.277 e. The second-order valence-corrected chi connectivity index (χ2v) is 9.79. The number of nitro groups is 1. The quantitative estimate of drug-likeness (QED) is 0.221. The van der Waals surface area contributed by atoms with Crippen molar-refractivity contribution in [2.75, 3.05) is 4.90 Å². The number of carbonyl (C=O) groups excluding carboxylic acids is 1. The number of hydrogen-bond acceptors (Lipinski definition) is 7. The Morgan fingerprint density at radius 2 is 1.94 bits per heavy atom. The molecule has 0 spiro atoms. The van der Waals surface area contributed by atoms with Crippen molar-refractivity contribution in [2.24, 2.45) is 0 Å². The van der Waals surface area contributed by atoms with Gasteiger partial charge in [-0.25, -0.2) is 4.98 Å². The van der Waals surface area contributed by atoms with Gasteiger partial charge in [0.25, 0.3) is 11.6 Å². The van der Waals surface area contributed by atoms with Gasteiger partial charge in [-0.1, -0.05) is 23.5 Å². The minimum atomic E-state index is -0.433. The monoisotopic (exact) mass is 474 g/mol. The number of amides is 1. The number of benzene rings is 2. The van der Waals surface area contributed by atoms with Gasteiger partial charge in [0.1, 0.15) is 0 Å². The van der Waals surface area contributed by atoms with E-state index in [0.717, 1.165) is 31.7 Å². The zero-order chi connectivity index (χ0) is 23.1. The van der Waals surface area contributed by atoms with Crippen LogP contribution in [0.1, 0.15) is 26.5 Å². The molecule has 0 fully saturated rings. The number of nitrogens with zero attached hydrogens (tertiary/aromatic N) is 4. The Kier molecular flexibility index (Phi) is 5.35. The molecule has 3 aromatic heterocycles. The first kappa shape index (κ1) is 21.2. The van der Waals surface area contributed by atoms with Crippen LogP contribution in [0.15, 0.2) is 60.8 Å². The fraction of sp³-hybridized carbons (Fsp3) is 0.125. The van der Waals surface area contributed by atoms with E-state index in [1.807, 2.05) is 38.1 Å². The minimum Gasteiger partial charge on any atom is -0.277 e. The van der Waals surface area contributed by atoms with Gasteiger partial charge in [-0.15, -0.1) is 11.3 Å². The zero-order valence-corrected chi connectivity index (χ0v) is 19.4. The maximum absolute atomic E-state index is 13.7.